The van der Waals surface area contributed by atoms with Gasteiger partial charge in [-0.1, -0.05) is 19.1 Å². The maximum Gasteiger partial charge on any atom is 0.231 e. The van der Waals surface area contributed by atoms with Crippen molar-refractivity contribution in [3.05, 3.63) is 29.3 Å². The number of β-amino-alcohol motifs (C(OH)–C–C–N with tert-alkyl or cyclic N) is 1. The summed E-state index contributed by atoms with van der Waals surface area (Å²) in [7, 11) is 0. The number of rotatable bonds is 3. The first-order chi connectivity index (χ1) is 7.26. The number of aliphatic hydroxyl groups excluding tert-OH is 1. The number of fused-ring (bicyclic) bond motifs is 1. The Balaban J connectivity index is 2.34. The lowest BCUT2D eigenvalue weighted by molar-refractivity contribution is -0.117. The highest BCUT2D eigenvalue weighted by Crippen LogP contribution is 2.29. The van der Waals surface area contributed by atoms with E-state index >= 15 is 0 Å². The van der Waals surface area contributed by atoms with Gasteiger partial charge < -0.3 is 10.0 Å². The first kappa shape index (κ1) is 10.2. The molecule has 0 atom stereocenters. The number of aryl methyl sites for hydroxylation is 1. The third-order valence-electron chi connectivity index (χ3n) is 2.81. The zero-order chi connectivity index (χ0) is 10.8. The van der Waals surface area contributed by atoms with Crippen molar-refractivity contribution in [3.8, 4) is 0 Å². The second-order valence-corrected chi connectivity index (χ2v) is 3.76. The summed E-state index contributed by atoms with van der Waals surface area (Å²) in [4.78, 5) is 13.3. The molecule has 0 aromatic heterocycles. The Kier molecular flexibility index (Phi) is 2.73. The van der Waals surface area contributed by atoms with Crippen LogP contribution < -0.4 is 4.90 Å². The van der Waals surface area contributed by atoms with Crippen LogP contribution in [0.3, 0.4) is 0 Å². The van der Waals surface area contributed by atoms with Crippen molar-refractivity contribution in [2.24, 2.45) is 0 Å². The molecule has 0 aliphatic carbocycles. The Bertz CT molecular complexity index is 387. The van der Waals surface area contributed by atoms with E-state index in [1.54, 1.807) is 4.90 Å². The van der Waals surface area contributed by atoms with Crippen molar-refractivity contribution >= 4 is 11.6 Å². The molecule has 0 radical (unpaired) electrons. The standard InChI is InChI=1S/C12H15NO2/c1-2-9-3-4-11-10(7-9)8-12(15)13(11)5-6-14/h3-4,7,14H,2,5-6,8H2,1H3. The van der Waals surface area contributed by atoms with Crippen LogP contribution >= 0.6 is 0 Å². The van der Waals surface area contributed by atoms with E-state index in [9.17, 15) is 4.79 Å². The van der Waals surface area contributed by atoms with E-state index in [4.69, 9.17) is 5.11 Å². The van der Waals surface area contributed by atoms with Gasteiger partial charge in [0, 0.05) is 12.2 Å². The molecular weight excluding hydrogens is 190 g/mol. The minimum Gasteiger partial charge on any atom is -0.395 e. The zero-order valence-corrected chi connectivity index (χ0v) is 8.86. The molecule has 3 heteroatoms. The first-order valence-corrected chi connectivity index (χ1v) is 5.29. The molecule has 15 heavy (non-hydrogen) atoms. The Morgan fingerprint density at radius 2 is 2.27 bits per heavy atom. The van der Waals surface area contributed by atoms with Crippen molar-refractivity contribution in [2.45, 2.75) is 19.8 Å². The van der Waals surface area contributed by atoms with Crippen LogP contribution in [0.5, 0.6) is 0 Å². The number of benzene rings is 1. The number of carbonyl (C=O) groups is 1. The highest BCUT2D eigenvalue weighted by atomic mass is 16.3. The Morgan fingerprint density at radius 1 is 1.47 bits per heavy atom. The average Bonchev–Trinajstić information content (AvgIpc) is 2.55. The Morgan fingerprint density at radius 3 is 2.93 bits per heavy atom. The molecule has 1 aromatic carbocycles. The molecule has 0 fully saturated rings. The number of amides is 1. The lowest BCUT2D eigenvalue weighted by atomic mass is 10.1. The van der Waals surface area contributed by atoms with E-state index in [0.717, 1.165) is 17.7 Å². The third kappa shape index (κ3) is 1.75. The van der Waals surface area contributed by atoms with Crippen LogP contribution in [0, 0.1) is 0 Å². The van der Waals surface area contributed by atoms with Gasteiger partial charge in [0.05, 0.1) is 13.0 Å². The van der Waals surface area contributed by atoms with Crippen LogP contribution in [0.2, 0.25) is 0 Å². The number of hydrogen-bond acceptors (Lipinski definition) is 2. The van der Waals surface area contributed by atoms with Crippen molar-refractivity contribution in [2.75, 3.05) is 18.1 Å². The lowest BCUT2D eigenvalue weighted by Gasteiger charge is -2.15. The fourth-order valence-electron chi connectivity index (χ4n) is 2.00. The number of hydrogen-bond donors (Lipinski definition) is 1. The van der Waals surface area contributed by atoms with Gasteiger partial charge in [-0.05, 0) is 23.6 Å². The Hall–Kier alpha value is -1.35. The summed E-state index contributed by atoms with van der Waals surface area (Å²) in [6.07, 6.45) is 1.46. The van der Waals surface area contributed by atoms with Gasteiger partial charge in [-0.25, -0.2) is 0 Å². The SMILES string of the molecule is CCc1ccc2c(c1)CC(=O)N2CCO. The molecule has 0 bridgehead atoms. The normalized spacial score (nSPS) is 14.5. The average molecular weight is 205 g/mol. The largest absolute Gasteiger partial charge is 0.395 e. The van der Waals surface area contributed by atoms with E-state index in [1.165, 1.54) is 5.56 Å². The molecule has 0 unspecified atom stereocenters. The monoisotopic (exact) mass is 205 g/mol. The number of aliphatic hydroxyl groups is 1. The van der Waals surface area contributed by atoms with Gasteiger partial charge in [0.2, 0.25) is 5.91 Å². The van der Waals surface area contributed by atoms with Gasteiger partial charge in [0.15, 0.2) is 0 Å². The maximum absolute atomic E-state index is 11.6. The summed E-state index contributed by atoms with van der Waals surface area (Å²) < 4.78 is 0. The molecular formula is C12H15NO2. The third-order valence-corrected chi connectivity index (χ3v) is 2.81. The molecule has 2 rings (SSSR count). The molecule has 0 saturated heterocycles. The van der Waals surface area contributed by atoms with E-state index in [-0.39, 0.29) is 12.5 Å². The van der Waals surface area contributed by atoms with Crippen LogP contribution in [0.4, 0.5) is 5.69 Å². The first-order valence-electron chi connectivity index (χ1n) is 5.29. The fourth-order valence-corrected chi connectivity index (χ4v) is 2.00. The summed E-state index contributed by atoms with van der Waals surface area (Å²) in [6.45, 7) is 2.52. The topological polar surface area (TPSA) is 40.5 Å². The van der Waals surface area contributed by atoms with Crippen LogP contribution in [0.1, 0.15) is 18.1 Å². The van der Waals surface area contributed by atoms with E-state index in [0.29, 0.717) is 13.0 Å². The minimum atomic E-state index is 0.0146. The van der Waals surface area contributed by atoms with Gasteiger partial charge in [0.25, 0.3) is 0 Å². The second-order valence-electron chi connectivity index (χ2n) is 3.76. The predicted octanol–water partition coefficient (Wildman–Crippen LogP) is 1.13. The molecule has 1 amide bonds. The predicted molar refractivity (Wildman–Crippen MR) is 59.0 cm³/mol. The van der Waals surface area contributed by atoms with Crippen LogP contribution in [0.15, 0.2) is 18.2 Å². The molecule has 1 aliphatic rings. The molecule has 1 N–H and O–H groups in total. The molecule has 1 aromatic rings. The second kappa shape index (κ2) is 4.03. The zero-order valence-electron chi connectivity index (χ0n) is 8.86. The molecule has 1 heterocycles. The van der Waals surface area contributed by atoms with Gasteiger partial charge in [0.1, 0.15) is 0 Å². The van der Waals surface area contributed by atoms with Crippen molar-refractivity contribution in [1.29, 1.82) is 0 Å². The maximum atomic E-state index is 11.6. The quantitative estimate of drug-likeness (QED) is 0.803. The van der Waals surface area contributed by atoms with Crippen molar-refractivity contribution in [1.82, 2.24) is 0 Å². The molecule has 0 spiro atoms. The number of anilines is 1. The van der Waals surface area contributed by atoms with Gasteiger partial charge in [-0.2, -0.15) is 0 Å². The smallest absolute Gasteiger partial charge is 0.231 e. The fraction of sp³-hybridized carbons (Fsp3) is 0.417. The van der Waals surface area contributed by atoms with E-state index in [2.05, 4.69) is 13.0 Å². The summed E-state index contributed by atoms with van der Waals surface area (Å²) in [5, 5.41) is 8.88. The summed E-state index contributed by atoms with van der Waals surface area (Å²) >= 11 is 0. The van der Waals surface area contributed by atoms with Gasteiger partial charge in [-0.3, -0.25) is 4.79 Å². The summed E-state index contributed by atoms with van der Waals surface area (Å²) in [5.41, 5.74) is 3.31. The molecule has 3 nitrogen and oxygen atoms in total. The van der Waals surface area contributed by atoms with Crippen LogP contribution in [-0.4, -0.2) is 24.2 Å². The minimum absolute atomic E-state index is 0.0146. The molecule has 80 valence electrons. The summed E-state index contributed by atoms with van der Waals surface area (Å²) in [6, 6.07) is 6.11. The van der Waals surface area contributed by atoms with Gasteiger partial charge in [-0.15, -0.1) is 0 Å². The summed E-state index contributed by atoms with van der Waals surface area (Å²) in [5.74, 6) is 0.0901. The van der Waals surface area contributed by atoms with Crippen LogP contribution in [0.25, 0.3) is 0 Å². The van der Waals surface area contributed by atoms with E-state index in [1.807, 2.05) is 12.1 Å². The number of carbonyl (C=O) groups excluding carboxylic acids is 1. The number of nitrogens with zero attached hydrogens (tertiary/aromatic N) is 1. The van der Waals surface area contributed by atoms with Crippen molar-refractivity contribution < 1.29 is 9.90 Å². The molecule has 0 saturated carbocycles. The highest BCUT2D eigenvalue weighted by Gasteiger charge is 2.26. The molecule has 1 aliphatic heterocycles. The Labute approximate surface area is 89.3 Å². The van der Waals surface area contributed by atoms with Crippen molar-refractivity contribution in [3.63, 3.8) is 0 Å². The van der Waals surface area contributed by atoms with E-state index < -0.39 is 0 Å². The van der Waals surface area contributed by atoms with Gasteiger partial charge >= 0.3 is 0 Å². The lowest BCUT2D eigenvalue weighted by Crippen LogP contribution is -2.29. The van der Waals surface area contributed by atoms with Crippen LogP contribution in [-0.2, 0) is 17.6 Å². The highest BCUT2D eigenvalue weighted by molar-refractivity contribution is 6.01.